The fourth-order valence-corrected chi connectivity index (χ4v) is 4.43. The quantitative estimate of drug-likeness (QED) is 0.367. The van der Waals surface area contributed by atoms with Crippen molar-refractivity contribution in [3.05, 3.63) is 77.4 Å². The van der Waals surface area contributed by atoms with Gasteiger partial charge in [0.25, 0.3) is 0 Å². The van der Waals surface area contributed by atoms with E-state index in [0.29, 0.717) is 63.7 Å². The minimum absolute atomic E-state index is 0. The maximum Gasteiger partial charge on any atom is 0.227 e. The Kier molecular flexibility index (Phi) is 11.1. The average Bonchev–Trinajstić information content (AvgIpc) is 3.38. The predicted molar refractivity (Wildman–Crippen MR) is 146 cm³/mol. The summed E-state index contributed by atoms with van der Waals surface area (Å²) in [6.07, 6.45) is 1.12. The van der Waals surface area contributed by atoms with Crippen LogP contribution in [0.4, 0.5) is 0 Å². The number of carbonyl (C=O) groups excluding carboxylic acids is 2. The van der Waals surface area contributed by atoms with Gasteiger partial charge in [0.2, 0.25) is 17.7 Å². The highest BCUT2D eigenvalue weighted by Gasteiger charge is 2.23. The lowest BCUT2D eigenvalue weighted by atomic mass is 10.1. The number of amides is 2. The van der Waals surface area contributed by atoms with Crippen molar-refractivity contribution in [2.45, 2.75) is 39.3 Å². The van der Waals surface area contributed by atoms with Crippen LogP contribution in [0.3, 0.4) is 0 Å². The average molecular weight is 542 g/mol. The Balaban J connectivity index is 0.00000400. The zero-order valence-corrected chi connectivity index (χ0v) is 22.9. The molecule has 1 aromatic heterocycles. The van der Waals surface area contributed by atoms with Gasteiger partial charge < -0.3 is 19.1 Å². The lowest BCUT2D eigenvalue weighted by molar-refractivity contribution is -0.132. The summed E-state index contributed by atoms with van der Waals surface area (Å²) >= 11 is 0. The van der Waals surface area contributed by atoms with Crippen LogP contribution in [0.2, 0.25) is 0 Å². The number of aryl methyl sites for hydroxylation is 1. The van der Waals surface area contributed by atoms with Gasteiger partial charge in [-0.15, -0.1) is 12.4 Å². The molecule has 3 aromatic rings. The number of methoxy groups -OCH3 is 1. The van der Waals surface area contributed by atoms with Gasteiger partial charge in [0, 0.05) is 52.1 Å². The first kappa shape index (κ1) is 29.1. The predicted octanol–water partition coefficient (Wildman–Crippen LogP) is 3.37. The third-order valence-electron chi connectivity index (χ3n) is 6.59. The number of benzene rings is 2. The molecular formula is C28H36ClN5O4. The van der Waals surface area contributed by atoms with Gasteiger partial charge in [-0.1, -0.05) is 47.6 Å². The first-order valence-corrected chi connectivity index (χ1v) is 12.8. The van der Waals surface area contributed by atoms with Crippen molar-refractivity contribution in [3.63, 3.8) is 0 Å². The molecule has 2 heterocycles. The molecule has 4 rings (SSSR count). The highest BCUT2D eigenvalue weighted by Crippen LogP contribution is 2.15. The van der Waals surface area contributed by atoms with Crippen molar-refractivity contribution in [1.29, 1.82) is 0 Å². The fourth-order valence-electron chi connectivity index (χ4n) is 4.43. The molecule has 204 valence electrons. The Bertz CT molecular complexity index is 1160. The lowest BCUT2D eigenvalue weighted by Crippen LogP contribution is -2.48. The van der Waals surface area contributed by atoms with Crippen LogP contribution in [-0.4, -0.2) is 76.5 Å². The maximum atomic E-state index is 12.7. The summed E-state index contributed by atoms with van der Waals surface area (Å²) < 4.78 is 10.6. The Morgan fingerprint density at radius 3 is 2.47 bits per heavy atom. The van der Waals surface area contributed by atoms with E-state index in [9.17, 15) is 9.59 Å². The third kappa shape index (κ3) is 8.29. The van der Waals surface area contributed by atoms with E-state index < -0.39 is 0 Å². The summed E-state index contributed by atoms with van der Waals surface area (Å²) in [6.45, 7) is 6.61. The molecule has 0 spiro atoms. The van der Waals surface area contributed by atoms with Gasteiger partial charge in [0.1, 0.15) is 5.75 Å². The van der Waals surface area contributed by atoms with Crippen molar-refractivity contribution in [3.8, 4) is 5.75 Å². The minimum atomic E-state index is 0. The number of halogens is 1. The topological polar surface area (TPSA) is 92.0 Å². The molecule has 10 heteroatoms. The minimum Gasteiger partial charge on any atom is -0.497 e. The molecular weight excluding hydrogens is 506 g/mol. The first-order chi connectivity index (χ1) is 18.0. The number of ether oxygens (including phenoxy) is 1. The Hall–Kier alpha value is -3.43. The van der Waals surface area contributed by atoms with E-state index in [1.807, 2.05) is 71.3 Å². The molecule has 1 aliphatic heterocycles. The summed E-state index contributed by atoms with van der Waals surface area (Å²) in [5.74, 6) is 2.03. The van der Waals surface area contributed by atoms with E-state index in [-0.39, 0.29) is 24.2 Å². The number of nitrogens with zero attached hydrogens (tertiary/aromatic N) is 5. The number of carbonyl (C=O) groups is 2. The van der Waals surface area contributed by atoms with Crippen molar-refractivity contribution in [1.82, 2.24) is 24.8 Å². The molecule has 0 unspecified atom stereocenters. The zero-order chi connectivity index (χ0) is 26.0. The first-order valence-electron chi connectivity index (χ1n) is 12.8. The van der Waals surface area contributed by atoms with Crippen LogP contribution >= 0.6 is 12.4 Å². The van der Waals surface area contributed by atoms with E-state index >= 15 is 0 Å². The second kappa shape index (κ2) is 14.5. The number of piperazine rings is 1. The second-order valence-corrected chi connectivity index (χ2v) is 9.18. The zero-order valence-electron chi connectivity index (χ0n) is 22.0. The summed E-state index contributed by atoms with van der Waals surface area (Å²) in [6, 6.07) is 17.6. The SMILES string of the molecule is CCN(Cc1ccccc1)C(=O)CCc1nc(CN2CCN(C(=O)Cc3cccc(OC)c3)CC2)no1.Cl. The molecule has 1 fully saturated rings. The van der Waals surface area contributed by atoms with Crippen LogP contribution in [0.1, 0.15) is 36.2 Å². The summed E-state index contributed by atoms with van der Waals surface area (Å²) in [5.41, 5.74) is 2.06. The summed E-state index contributed by atoms with van der Waals surface area (Å²) in [4.78, 5) is 35.9. The van der Waals surface area contributed by atoms with Gasteiger partial charge in [-0.2, -0.15) is 4.98 Å². The van der Waals surface area contributed by atoms with Crippen molar-refractivity contribution >= 4 is 24.2 Å². The van der Waals surface area contributed by atoms with E-state index in [1.54, 1.807) is 7.11 Å². The largest absolute Gasteiger partial charge is 0.497 e. The van der Waals surface area contributed by atoms with Gasteiger partial charge in [-0.25, -0.2) is 0 Å². The standard InChI is InChI=1S/C28H35N5O4.ClH/c1-3-32(20-22-8-5-4-6-9-22)27(34)13-12-26-29-25(30-37-26)21-31-14-16-33(17-15-31)28(35)19-23-10-7-11-24(18-23)36-2;/h4-11,18H,3,12-17,19-21H2,1-2H3;1H. The third-order valence-corrected chi connectivity index (χ3v) is 6.59. The van der Waals surface area contributed by atoms with E-state index in [0.717, 1.165) is 30.0 Å². The summed E-state index contributed by atoms with van der Waals surface area (Å²) in [7, 11) is 1.62. The number of hydrogen-bond donors (Lipinski definition) is 0. The number of aromatic nitrogens is 2. The van der Waals surface area contributed by atoms with Crippen molar-refractivity contribution < 1.29 is 18.8 Å². The van der Waals surface area contributed by atoms with Gasteiger partial charge in [-0.3, -0.25) is 14.5 Å². The molecule has 0 saturated carbocycles. The molecule has 1 saturated heterocycles. The molecule has 0 atom stereocenters. The smallest absolute Gasteiger partial charge is 0.227 e. The molecule has 0 N–H and O–H groups in total. The molecule has 0 radical (unpaired) electrons. The normalized spacial score (nSPS) is 13.6. The van der Waals surface area contributed by atoms with Crippen LogP contribution in [0.25, 0.3) is 0 Å². The maximum absolute atomic E-state index is 12.7. The Morgan fingerprint density at radius 1 is 1.03 bits per heavy atom. The van der Waals surface area contributed by atoms with Crippen LogP contribution in [-0.2, 0) is 35.5 Å². The van der Waals surface area contributed by atoms with Gasteiger partial charge in [0.05, 0.1) is 20.1 Å². The fraction of sp³-hybridized carbons (Fsp3) is 0.429. The molecule has 2 aromatic carbocycles. The second-order valence-electron chi connectivity index (χ2n) is 9.18. The molecule has 0 aliphatic carbocycles. The van der Waals surface area contributed by atoms with Gasteiger partial charge in [0.15, 0.2) is 5.82 Å². The lowest BCUT2D eigenvalue weighted by Gasteiger charge is -2.34. The highest BCUT2D eigenvalue weighted by atomic mass is 35.5. The van der Waals surface area contributed by atoms with Gasteiger partial charge in [-0.05, 0) is 30.2 Å². The number of rotatable bonds is 11. The van der Waals surface area contributed by atoms with Crippen LogP contribution in [0.5, 0.6) is 5.75 Å². The van der Waals surface area contributed by atoms with E-state index in [4.69, 9.17) is 9.26 Å². The number of hydrogen-bond acceptors (Lipinski definition) is 7. The van der Waals surface area contributed by atoms with Crippen LogP contribution in [0, 0.1) is 0 Å². The molecule has 0 bridgehead atoms. The van der Waals surface area contributed by atoms with Gasteiger partial charge >= 0.3 is 0 Å². The summed E-state index contributed by atoms with van der Waals surface area (Å²) in [5, 5.41) is 4.10. The highest BCUT2D eigenvalue weighted by molar-refractivity contribution is 5.85. The molecule has 38 heavy (non-hydrogen) atoms. The van der Waals surface area contributed by atoms with Crippen molar-refractivity contribution in [2.75, 3.05) is 39.8 Å². The monoisotopic (exact) mass is 541 g/mol. The van der Waals surface area contributed by atoms with E-state index in [2.05, 4.69) is 15.0 Å². The van der Waals surface area contributed by atoms with Crippen LogP contribution in [0.15, 0.2) is 59.1 Å². The molecule has 2 amide bonds. The van der Waals surface area contributed by atoms with Crippen molar-refractivity contribution in [2.24, 2.45) is 0 Å². The van der Waals surface area contributed by atoms with Crippen LogP contribution < -0.4 is 4.74 Å². The van der Waals surface area contributed by atoms with E-state index in [1.165, 1.54) is 0 Å². The molecule has 9 nitrogen and oxygen atoms in total. The Labute approximate surface area is 230 Å². The Morgan fingerprint density at radius 2 is 1.76 bits per heavy atom. The molecule has 1 aliphatic rings.